The number of aromatic nitrogens is 3. The third-order valence-electron chi connectivity index (χ3n) is 2.86. The third kappa shape index (κ3) is 4.72. The van der Waals surface area contributed by atoms with E-state index in [0.29, 0.717) is 16.9 Å². The molecule has 21 heavy (non-hydrogen) atoms. The van der Waals surface area contributed by atoms with Gasteiger partial charge in [-0.25, -0.2) is 0 Å². The number of nitrogens with zero attached hydrogens (tertiary/aromatic N) is 3. The number of halogens is 2. The molecule has 2 rings (SSSR count). The highest BCUT2D eigenvalue weighted by molar-refractivity contribution is 6.30. The fraction of sp³-hybridized carbons (Fsp3) is 0.357. The molecule has 1 aromatic carbocycles. The SMILES string of the molecule is CCCNc1nc(Cl)nc(NC(C)c2ccc(Cl)cc2)n1. The van der Waals surface area contributed by atoms with Crippen LogP contribution in [-0.2, 0) is 0 Å². The first-order valence-corrected chi connectivity index (χ1v) is 7.51. The molecule has 2 N–H and O–H groups in total. The molecule has 0 spiro atoms. The number of nitrogens with one attached hydrogen (secondary N) is 2. The highest BCUT2D eigenvalue weighted by atomic mass is 35.5. The number of benzene rings is 1. The number of anilines is 2. The van der Waals surface area contributed by atoms with E-state index in [1.807, 2.05) is 31.2 Å². The quantitative estimate of drug-likeness (QED) is 0.834. The van der Waals surface area contributed by atoms with Crippen molar-refractivity contribution in [3.05, 3.63) is 40.1 Å². The summed E-state index contributed by atoms with van der Waals surface area (Å²) in [7, 11) is 0. The van der Waals surface area contributed by atoms with Crippen LogP contribution in [0, 0.1) is 0 Å². The number of hydrogen-bond acceptors (Lipinski definition) is 5. The van der Waals surface area contributed by atoms with Gasteiger partial charge in [-0.2, -0.15) is 15.0 Å². The van der Waals surface area contributed by atoms with Crippen molar-refractivity contribution in [1.82, 2.24) is 15.0 Å². The molecule has 0 aliphatic carbocycles. The van der Waals surface area contributed by atoms with E-state index in [0.717, 1.165) is 18.5 Å². The zero-order valence-electron chi connectivity index (χ0n) is 11.9. The lowest BCUT2D eigenvalue weighted by atomic mass is 10.1. The van der Waals surface area contributed by atoms with Crippen molar-refractivity contribution in [2.45, 2.75) is 26.3 Å². The first kappa shape index (κ1) is 15.8. The molecule has 0 fully saturated rings. The molecular formula is C14H17Cl2N5. The summed E-state index contributed by atoms with van der Waals surface area (Å²) >= 11 is 11.8. The van der Waals surface area contributed by atoms with Crippen LogP contribution in [0.1, 0.15) is 31.9 Å². The van der Waals surface area contributed by atoms with Crippen LogP contribution in [0.25, 0.3) is 0 Å². The van der Waals surface area contributed by atoms with E-state index < -0.39 is 0 Å². The van der Waals surface area contributed by atoms with Gasteiger partial charge in [0.1, 0.15) is 0 Å². The van der Waals surface area contributed by atoms with Crippen molar-refractivity contribution in [3.63, 3.8) is 0 Å². The minimum atomic E-state index is 0.0276. The van der Waals surface area contributed by atoms with Crippen LogP contribution >= 0.6 is 23.2 Å². The van der Waals surface area contributed by atoms with Crippen molar-refractivity contribution < 1.29 is 0 Å². The molecule has 0 aliphatic heterocycles. The molecule has 1 aromatic heterocycles. The molecule has 7 heteroatoms. The molecule has 0 bridgehead atoms. The molecule has 2 aromatic rings. The Hall–Kier alpha value is -1.59. The largest absolute Gasteiger partial charge is 0.354 e. The van der Waals surface area contributed by atoms with E-state index in [1.54, 1.807) is 0 Å². The summed E-state index contributed by atoms with van der Waals surface area (Å²) in [6, 6.07) is 7.64. The van der Waals surface area contributed by atoms with Gasteiger partial charge in [0.2, 0.25) is 17.2 Å². The van der Waals surface area contributed by atoms with Crippen molar-refractivity contribution in [1.29, 1.82) is 0 Å². The Bertz CT molecular complexity index is 588. The fourth-order valence-corrected chi connectivity index (χ4v) is 2.05. The predicted octanol–water partition coefficient (Wildman–Crippen LogP) is 4.17. The number of hydrogen-bond donors (Lipinski definition) is 2. The standard InChI is InChI=1S/C14H17Cl2N5/c1-3-8-17-13-19-12(16)20-14(21-13)18-9(2)10-4-6-11(15)7-5-10/h4-7,9H,3,8H2,1-2H3,(H2,17,18,19,20,21). The molecule has 0 saturated carbocycles. The summed E-state index contributed by atoms with van der Waals surface area (Å²) in [4.78, 5) is 12.4. The first-order valence-electron chi connectivity index (χ1n) is 6.76. The lowest BCUT2D eigenvalue weighted by Crippen LogP contribution is -2.12. The summed E-state index contributed by atoms with van der Waals surface area (Å²) in [5.41, 5.74) is 1.08. The van der Waals surface area contributed by atoms with Gasteiger partial charge in [-0.05, 0) is 42.6 Å². The fourth-order valence-electron chi connectivity index (χ4n) is 1.76. The van der Waals surface area contributed by atoms with Crippen molar-refractivity contribution in [2.75, 3.05) is 17.2 Å². The highest BCUT2D eigenvalue weighted by Gasteiger charge is 2.09. The second-order valence-electron chi connectivity index (χ2n) is 4.60. The van der Waals surface area contributed by atoms with Crippen molar-refractivity contribution in [2.24, 2.45) is 0 Å². The zero-order chi connectivity index (χ0) is 15.2. The Kier molecular flexibility index (Phi) is 5.59. The van der Waals surface area contributed by atoms with E-state index >= 15 is 0 Å². The Labute approximate surface area is 134 Å². The molecule has 1 heterocycles. The Morgan fingerprint density at radius 2 is 1.71 bits per heavy atom. The topological polar surface area (TPSA) is 62.7 Å². The second-order valence-corrected chi connectivity index (χ2v) is 5.37. The Balaban J connectivity index is 2.10. The summed E-state index contributed by atoms with van der Waals surface area (Å²) in [6.07, 6.45) is 0.979. The molecular weight excluding hydrogens is 309 g/mol. The molecule has 0 radical (unpaired) electrons. The summed E-state index contributed by atoms with van der Waals surface area (Å²) in [6.45, 7) is 4.87. The molecule has 1 atom stereocenters. The minimum absolute atomic E-state index is 0.0276. The maximum absolute atomic E-state index is 5.92. The van der Waals surface area contributed by atoms with Gasteiger partial charge in [0.25, 0.3) is 0 Å². The molecule has 5 nitrogen and oxygen atoms in total. The Morgan fingerprint density at radius 3 is 2.38 bits per heavy atom. The van der Waals surface area contributed by atoms with E-state index in [2.05, 4.69) is 32.5 Å². The van der Waals surface area contributed by atoms with Gasteiger partial charge in [-0.15, -0.1) is 0 Å². The van der Waals surface area contributed by atoms with Crippen LogP contribution in [0.15, 0.2) is 24.3 Å². The molecule has 0 saturated heterocycles. The average Bonchev–Trinajstić information content (AvgIpc) is 2.45. The third-order valence-corrected chi connectivity index (χ3v) is 3.28. The predicted molar refractivity (Wildman–Crippen MR) is 87.1 cm³/mol. The van der Waals surface area contributed by atoms with Crippen LogP contribution in [0.5, 0.6) is 0 Å². The lowest BCUT2D eigenvalue weighted by Gasteiger charge is -2.15. The summed E-state index contributed by atoms with van der Waals surface area (Å²) in [5.74, 6) is 0.915. The van der Waals surface area contributed by atoms with E-state index in [9.17, 15) is 0 Å². The van der Waals surface area contributed by atoms with Crippen LogP contribution < -0.4 is 10.6 Å². The first-order chi connectivity index (χ1) is 10.1. The summed E-state index contributed by atoms with van der Waals surface area (Å²) in [5, 5.41) is 7.17. The molecule has 1 unspecified atom stereocenters. The Morgan fingerprint density at radius 1 is 1.05 bits per heavy atom. The van der Waals surface area contributed by atoms with Gasteiger partial charge in [-0.3, -0.25) is 0 Å². The van der Waals surface area contributed by atoms with Gasteiger partial charge in [0.15, 0.2) is 0 Å². The smallest absolute Gasteiger partial charge is 0.229 e. The van der Waals surface area contributed by atoms with E-state index in [-0.39, 0.29) is 11.3 Å². The lowest BCUT2D eigenvalue weighted by molar-refractivity contribution is 0.850. The monoisotopic (exact) mass is 325 g/mol. The van der Waals surface area contributed by atoms with Crippen LogP contribution in [0.2, 0.25) is 10.3 Å². The maximum atomic E-state index is 5.92. The second kappa shape index (κ2) is 7.43. The zero-order valence-corrected chi connectivity index (χ0v) is 13.4. The highest BCUT2D eigenvalue weighted by Crippen LogP contribution is 2.20. The van der Waals surface area contributed by atoms with E-state index in [4.69, 9.17) is 23.2 Å². The van der Waals surface area contributed by atoms with Crippen molar-refractivity contribution >= 4 is 35.1 Å². The van der Waals surface area contributed by atoms with Gasteiger partial charge in [-0.1, -0.05) is 30.7 Å². The van der Waals surface area contributed by atoms with E-state index in [1.165, 1.54) is 0 Å². The molecule has 112 valence electrons. The van der Waals surface area contributed by atoms with Gasteiger partial charge >= 0.3 is 0 Å². The van der Waals surface area contributed by atoms with Crippen LogP contribution in [-0.4, -0.2) is 21.5 Å². The van der Waals surface area contributed by atoms with Gasteiger partial charge < -0.3 is 10.6 Å². The van der Waals surface area contributed by atoms with Crippen molar-refractivity contribution in [3.8, 4) is 0 Å². The average molecular weight is 326 g/mol. The summed E-state index contributed by atoms with van der Waals surface area (Å²) < 4.78 is 0. The normalized spacial score (nSPS) is 12.0. The van der Waals surface area contributed by atoms with Gasteiger partial charge in [0, 0.05) is 11.6 Å². The molecule has 0 amide bonds. The van der Waals surface area contributed by atoms with Crippen LogP contribution in [0.4, 0.5) is 11.9 Å². The molecule has 0 aliphatic rings. The minimum Gasteiger partial charge on any atom is -0.354 e. The number of rotatable bonds is 6. The van der Waals surface area contributed by atoms with Gasteiger partial charge in [0.05, 0.1) is 6.04 Å². The van der Waals surface area contributed by atoms with Crippen LogP contribution in [0.3, 0.4) is 0 Å². The maximum Gasteiger partial charge on any atom is 0.229 e.